The maximum Gasteiger partial charge on any atom is 0.161 e. The van der Waals surface area contributed by atoms with Crippen molar-refractivity contribution in [2.24, 2.45) is 0 Å². The minimum absolute atomic E-state index is 0.792. The molecule has 0 bridgehead atoms. The van der Waals surface area contributed by atoms with Crippen LogP contribution in [0.1, 0.15) is 5.56 Å². The van der Waals surface area contributed by atoms with Crippen LogP contribution in [0.25, 0.3) is 11.2 Å². The van der Waals surface area contributed by atoms with Crippen LogP contribution in [0.4, 0.5) is 0 Å². The molecule has 0 aliphatic heterocycles. The summed E-state index contributed by atoms with van der Waals surface area (Å²) < 4.78 is 2.88. The van der Waals surface area contributed by atoms with E-state index in [-0.39, 0.29) is 0 Å². The van der Waals surface area contributed by atoms with Crippen LogP contribution >= 0.6 is 15.9 Å². The molecule has 3 rings (SSSR count). The van der Waals surface area contributed by atoms with Gasteiger partial charge in [0.25, 0.3) is 0 Å². The summed E-state index contributed by atoms with van der Waals surface area (Å²) in [5.74, 6) is 0. The van der Waals surface area contributed by atoms with E-state index in [0.717, 1.165) is 22.3 Å². The van der Waals surface area contributed by atoms with Crippen LogP contribution in [0, 0.1) is 0 Å². The summed E-state index contributed by atoms with van der Waals surface area (Å²) in [5, 5.41) is 0. The molecule has 0 aliphatic rings. The number of imidazole rings is 1. The molecule has 0 aliphatic carbocycles. The molecule has 0 fully saturated rings. The number of hydrogen-bond acceptors (Lipinski definition) is 2. The van der Waals surface area contributed by atoms with Gasteiger partial charge in [-0.1, -0.05) is 30.3 Å². The first-order valence-corrected chi connectivity index (χ1v) is 6.13. The summed E-state index contributed by atoms with van der Waals surface area (Å²) in [5.41, 5.74) is 3.07. The van der Waals surface area contributed by atoms with Gasteiger partial charge in [0.2, 0.25) is 0 Å². The van der Waals surface area contributed by atoms with Crippen LogP contribution in [-0.2, 0) is 6.54 Å². The summed E-state index contributed by atoms with van der Waals surface area (Å²) >= 11 is 3.38. The van der Waals surface area contributed by atoms with E-state index in [2.05, 4.69) is 42.6 Å². The molecule has 0 atom stereocenters. The Balaban J connectivity index is 2.03. The van der Waals surface area contributed by atoms with Crippen LogP contribution in [-0.4, -0.2) is 14.5 Å². The second kappa shape index (κ2) is 4.30. The Hall–Kier alpha value is -1.68. The van der Waals surface area contributed by atoms with Crippen molar-refractivity contribution in [3.05, 3.63) is 59.0 Å². The second-order valence-corrected chi connectivity index (χ2v) is 4.65. The number of pyridine rings is 1. The predicted octanol–water partition coefficient (Wildman–Crippen LogP) is 3.24. The number of hydrogen-bond donors (Lipinski definition) is 0. The van der Waals surface area contributed by atoms with Crippen molar-refractivity contribution in [2.75, 3.05) is 0 Å². The van der Waals surface area contributed by atoms with Crippen molar-refractivity contribution in [1.29, 1.82) is 0 Å². The van der Waals surface area contributed by atoms with E-state index in [0.29, 0.717) is 0 Å². The van der Waals surface area contributed by atoms with Crippen LogP contribution in [0.2, 0.25) is 0 Å². The predicted molar refractivity (Wildman–Crippen MR) is 70.8 cm³/mol. The molecule has 3 nitrogen and oxygen atoms in total. The molecule has 2 heterocycles. The van der Waals surface area contributed by atoms with Gasteiger partial charge in [0.1, 0.15) is 10.1 Å². The van der Waals surface area contributed by atoms with E-state index in [9.17, 15) is 0 Å². The average Bonchev–Trinajstić information content (AvgIpc) is 2.73. The van der Waals surface area contributed by atoms with Gasteiger partial charge in [-0.15, -0.1) is 0 Å². The Kier molecular flexibility index (Phi) is 2.65. The third kappa shape index (κ3) is 2.08. The fourth-order valence-electron chi connectivity index (χ4n) is 1.81. The molecule has 1 aromatic carbocycles. The highest BCUT2D eigenvalue weighted by molar-refractivity contribution is 9.10. The lowest BCUT2D eigenvalue weighted by Gasteiger charge is -2.03. The van der Waals surface area contributed by atoms with Crippen molar-refractivity contribution in [1.82, 2.24) is 14.5 Å². The average molecular weight is 288 g/mol. The normalized spacial score (nSPS) is 10.9. The van der Waals surface area contributed by atoms with Gasteiger partial charge in [0.05, 0.1) is 12.9 Å². The highest BCUT2D eigenvalue weighted by atomic mass is 79.9. The van der Waals surface area contributed by atoms with Crippen molar-refractivity contribution in [3.8, 4) is 0 Å². The molecule has 0 N–H and O–H groups in total. The van der Waals surface area contributed by atoms with Gasteiger partial charge in [0.15, 0.2) is 5.65 Å². The highest BCUT2D eigenvalue weighted by Gasteiger charge is 2.04. The summed E-state index contributed by atoms with van der Waals surface area (Å²) in [6, 6.07) is 14.2. The maximum absolute atomic E-state index is 4.45. The highest BCUT2D eigenvalue weighted by Crippen LogP contribution is 2.15. The second-order valence-electron chi connectivity index (χ2n) is 3.83. The summed E-state index contributed by atoms with van der Waals surface area (Å²) in [6.07, 6.45) is 1.83. The minimum Gasteiger partial charge on any atom is -0.311 e. The molecule has 0 saturated carbocycles. The molecule has 84 valence electrons. The van der Waals surface area contributed by atoms with Crippen molar-refractivity contribution >= 4 is 27.1 Å². The first kappa shape index (κ1) is 10.5. The van der Waals surface area contributed by atoms with Crippen LogP contribution in [0.3, 0.4) is 0 Å². The number of rotatable bonds is 2. The molecule has 4 heteroatoms. The third-order valence-corrected chi connectivity index (χ3v) is 3.07. The zero-order valence-electron chi connectivity index (χ0n) is 9.05. The van der Waals surface area contributed by atoms with Gasteiger partial charge in [0, 0.05) is 0 Å². The molecule has 0 saturated heterocycles. The van der Waals surface area contributed by atoms with Crippen molar-refractivity contribution in [3.63, 3.8) is 0 Å². The summed E-state index contributed by atoms with van der Waals surface area (Å²) in [7, 11) is 0. The SMILES string of the molecule is Brc1ccc2ncn(Cc3ccccc3)c2n1. The Bertz CT molecular complexity index is 646. The lowest BCUT2D eigenvalue weighted by atomic mass is 10.2. The number of benzene rings is 1. The van der Waals surface area contributed by atoms with Gasteiger partial charge < -0.3 is 4.57 Å². The largest absolute Gasteiger partial charge is 0.311 e. The van der Waals surface area contributed by atoms with E-state index < -0.39 is 0 Å². The monoisotopic (exact) mass is 287 g/mol. The molecule has 0 spiro atoms. The summed E-state index contributed by atoms with van der Waals surface area (Å²) in [6.45, 7) is 0.792. The third-order valence-electron chi connectivity index (χ3n) is 2.62. The standard InChI is InChI=1S/C13H10BrN3/c14-12-7-6-11-13(16-12)17(9-15-11)8-10-4-2-1-3-5-10/h1-7,9H,8H2. The molecule has 0 unspecified atom stereocenters. The molecule has 0 amide bonds. The van der Waals surface area contributed by atoms with Gasteiger partial charge in [-0.25, -0.2) is 9.97 Å². The quantitative estimate of drug-likeness (QED) is 0.678. The van der Waals surface area contributed by atoms with E-state index in [4.69, 9.17) is 0 Å². The van der Waals surface area contributed by atoms with Crippen LogP contribution in [0.15, 0.2) is 53.4 Å². The topological polar surface area (TPSA) is 30.7 Å². The summed E-state index contributed by atoms with van der Waals surface area (Å²) in [4.78, 5) is 8.78. The number of aromatic nitrogens is 3. The Morgan fingerprint density at radius 1 is 1.06 bits per heavy atom. The van der Waals surface area contributed by atoms with Crippen LogP contribution < -0.4 is 0 Å². The smallest absolute Gasteiger partial charge is 0.161 e. The number of nitrogens with zero attached hydrogens (tertiary/aromatic N) is 3. The molecular weight excluding hydrogens is 278 g/mol. The van der Waals surface area contributed by atoms with Gasteiger partial charge in [-0.2, -0.15) is 0 Å². The lowest BCUT2D eigenvalue weighted by Crippen LogP contribution is -1.98. The van der Waals surface area contributed by atoms with Gasteiger partial charge in [-0.05, 0) is 33.6 Å². The molecule has 3 aromatic rings. The minimum atomic E-state index is 0.792. The molecular formula is C13H10BrN3. The van der Waals surface area contributed by atoms with E-state index in [1.54, 1.807) is 0 Å². The van der Waals surface area contributed by atoms with Crippen molar-refractivity contribution in [2.45, 2.75) is 6.54 Å². The van der Waals surface area contributed by atoms with E-state index >= 15 is 0 Å². The fraction of sp³-hybridized carbons (Fsp3) is 0.0769. The lowest BCUT2D eigenvalue weighted by molar-refractivity contribution is 0.813. The number of halogens is 1. The Morgan fingerprint density at radius 3 is 2.71 bits per heavy atom. The molecule has 17 heavy (non-hydrogen) atoms. The fourth-order valence-corrected chi connectivity index (χ4v) is 2.11. The molecule has 0 radical (unpaired) electrons. The van der Waals surface area contributed by atoms with Gasteiger partial charge >= 0.3 is 0 Å². The first-order valence-electron chi connectivity index (χ1n) is 5.34. The zero-order valence-corrected chi connectivity index (χ0v) is 10.6. The Labute approximate surface area is 107 Å². The van der Waals surface area contributed by atoms with Crippen LogP contribution in [0.5, 0.6) is 0 Å². The number of fused-ring (bicyclic) bond motifs is 1. The van der Waals surface area contributed by atoms with E-state index in [1.165, 1.54) is 5.56 Å². The zero-order chi connectivity index (χ0) is 11.7. The van der Waals surface area contributed by atoms with E-state index in [1.807, 2.05) is 36.7 Å². The Morgan fingerprint density at radius 2 is 1.88 bits per heavy atom. The van der Waals surface area contributed by atoms with Crippen molar-refractivity contribution < 1.29 is 0 Å². The maximum atomic E-state index is 4.45. The van der Waals surface area contributed by atoms with Gasteiger partial charge in [-0.3, -0.25) is 0 Å². The molecule has 2 aromatic heterocycles. The first-order chi connectivity index (χ1) is 8.33.